The van der Waals surface area contributed by atoms with E-state index in [1.54, 1.807) is 26.0 Å². The van der Waals surface area contributed by atoms with Crippen molar-refractivity contribution in [3.63, 3.8) is 0 Å². The molecule has 1 aliphatic rings. The molecule has 0 radical (unpaired) electrons. The van der Waals surface area contributed by atoms with E-state index in [4.69, 9.17) is 14.4 Å². The Hall–Kier alpha value is -3.54. The van der Waals surface area contributed by atoms with E-state index in [2.05, 4.69) is 5.16 Å². The van der Waals surface area contributed by atoms with Crippen LogP contribution < -0.4 is 9.04 Å². The molecule has 1 N–H and O–H groups in total. The van der Waals surface area contributed by atoms with Crippen LogP contribution in [0.5, 0.6) is 5.75 Å². The van der Waals surface area contributed by atoms with Gasteiger partial charge in [0.1, 0.15) is 17.6 Å². The van der Waals surface area contributed by atoms with Crippen molar-refractivity contribution in [3.8, 4) is 16.9 Å². The molecule has 0 aliphatic carbocycles. The fourth-order valence-corrected chi connectivity index (χ4v) is 5.53. The highest BCUT2D eigenvalue weighted by molar-refractivity contribution is 7.92. The number of benzene rings is 2. The van der Waals surface area contributed by atoms with Gasteiger partial charge in [-0.05, 0) is 56.2 Å². The number of ether oxygens (including phenoxy) is 1. The molecule has 8 nitrogen and oxygen atoms in total. The second-order valence-corrected chi connectivity index (χ2v) is 9.98. The summed E-state index contributed by atoms with van der Waals surface area (Å²) < 4.78 is 79.0. The van der Waals surface area contributed by atoms with Crippen LogP contribution in [0, 0.1) is 13.8 Å². The molecule has 0 amide bonds. The summed E-state index contributed by atoms with van der Waals surface area (Å²) in [5.41, 5.74) is 0.824. The third-order valence-electron chi connectivity index (χ3n) is 5.64. The quantitative estimate of drug-likeness (QED) is 0.507. The topological polar surface area (TPSA) is 110 Å². The van der Waals surface area contributed by atoms with Gasteiger partial charge in [-0.15, -0.1) is 0 Å². The molecule has 2 aromatic carbocycles. The number of anilines is 1. The maximum atomic E-state index is 13.6. The largest absolute Gasteiger partial charge is 0.486 e. The maximum Gasteiger partial charge on any atom is 0.416 e. The van der Waals surface area contributed by atoms with Crippen molar-refractivity contribution in [1.29, 1.82) is 0 Å². The molecule has 0 spiro atoms. The summed E-state index contributed by atoms with van der Waals surface area (Å²) in [5, 5.41) is 12.9. The van der Waals surface area contributed by atoms with Crippen LogP contribution in [-0.4, -0.2) is 37.3 Å². The van der Waals surface area contributed by atoms with Crippen molar-refractivity contribution in [2.24, 2.45) is 0 Å². The first kappa shape index (κ1) is 24.6. The summed E-state index contributed by atoms with van der Waals surface area (Å²) in [6.07, 6.45) is -5.80. The zero-order valence-electron chi connectivity index (χ0n) is 18.7. The number of carboxylic acid groups (broad SMARTS) is 1. The van der Waals surface area contributed by atoms with Gasteiger partial charge in [0.2, 0.25) is 0 Å². The van der Waals surface area contributed by atoms with Crippen LogP contribution in [0.2, 0.25) is 0 Å². The first-order valence-corrected chi connectivity index (χ1v) is 12.0. The SMILES string of the molecule is Cc1noc(C)c1-c1ccc2c(c1)N(S(=O)(=O)c1cccc(C(F)(F)F)c1)CC(CCC(=O)O)O2. The van der Waals surface area contributed by atoms with Crippen molar-refractivity contribution in [2.75, 3.05) is 10.8 Å². The number of nitrogens with zero attached hydrogens (tertiary/aromatic N) is 2. The van der Waals surface area contributed by atoms with Gasteiger partial charge >= 0.3 is 12.1 Å². The van der Waals surface area contributed by atoms with Crippen LogP contribution in [-0.2, 0) is 21.0 Å². The Morgan fingerprint density at radius 2 is 1.94 bits per heavy atom. The van der Waals surface area contributed by atoms with E-state index < -0.39 is 38.7 Å². The monoisotopic (exact) mass is 510 g/mol. The van der Waals surface area contributed by atoms with Crippen LogP contribution in [0.1, 0.15) is 29.9 Å². The van der Waals surface area contributed by atoms with Crippen molar-refractivity contribution in [2.45, 2.75) is 43.9 Å². The number of aryl methyl sites for hydroxylation is 2. The number of hydrogen-bond acceptors (Lipinski definition) is 6. The normalized spacial score (nSPS) is 16.0. The van der Waals surface area contributed by atoms with Crippen molar-refractivity contribution >= 4 is 21.7 Å². The highest BCUT2D eigenvalue weighted by Gasteiger charge is 2.37. The van der Waals surface area contributed by atoms with Gasteiger partial charge in [0.15, 0.2) is 0 Å². The lowest BCUT2D eigenvalue weighted by Gasteiger charge is -2.35. The standard InChI is InChI=1S/C23H21F3N2O6S/c1-13-22(14(2)34-27-13)15-6-8-20-19(10-15)28(12-17(33-20)7-9-21(29)30)35(31,32)18-5-3-4-16(11-18)23(24,25)26/h3-6,8,10-11,17H,7,9,12H2,1-2H3,(H,29,30). The van der Waals surface area contributed by atoms with E-state index in [-0.39, 0.29) is 30.8 Å². The Kier molecular flexibility index (Phi) is 6.26. The Morgan fingerprint density at radius 1 is 1.20 bits per heavy atom. The number of rotatable bonds is 6. The van der Waals surface area contributed by atoms with Gasteiger partial charge in [0.25, 0.3) is 10.0 Å². The molecular formula is C23H21F3N2O6S. The molecule has 1 unspecified atom stereocenters. The van der Waals surface area contributed by atoms with Crippen LogP contribution in [0.3, 0.4) is 0 Å². The minimum absolute atomic E-state index is 0.00893. The number of carboxylic acids is 1. The molecule has 0 saturated heterocycles. The molecule has 0 fully saturated rings. The Morgan fingerprint density at radius 3 is 2.57 bits per heavy atom. The summed E-state index contributed by atoms with van der Waals surface area (Å²) in [4.78, 5) is 10.5. The summed E-state index contributed by atoms with van der Waals surface area (Å²) in [7, 11) is -4.47. The number of alkyl halides is 3. The third kappa shape index (κ3) is 4.83. The third-order valence-corrected chi connectivity index (χ3v) is 7.42. The Balaban J connectivity index is 1.83. The molecule has 1 atom stereocenters. The van der Waals surface area contributed by atoms with Gasteiger partial charge in [0, 0.05) is 12.0 Å². The van der Waals surface area contributed by atoms with Gasteiger partial charge in [-0.3, -0.25) is 9.10 Å². The summed E-state index contributed by atoms with van der Waals surface area (Å²) >= 11 is 0. The van der Waals surface area contributed by atoms with Gasteiger partial charge < -0.3 is 14.4 Å². The predicted molar refractivity (Wildman–Crippen MR) is 119 cm³/mol. The zero-order valence-corrected chi connectivity index (χ0v) is 19.5. The number of aliphatic carboxylic acids is 1. The van der Waals surface area contributed by atoms with Gasteiger partial charge in [-0.25, -0.2) is 8.42 Å². The molecule has 186 valence electrons. The zero-order chi connectivity index (χ0) is 25.5. The van der Waals surface area contributed by atoms with E-state index in [0.29, 0.717) is 28.6 Å². The number of carbonyl (C=O) groups is 1. The van der Waals surface area contributed by atoms with Crippen molar-refractivity contribution < 1.29 is 40.8 Å². The molecule has 4 rings (SSSR count). The van der Waals surface area contributed by atoms with Crippen LogP contribution in [0.25, 0.3) is 11.1 Å². The van der Waals surface area contributed by atoms with Crippen molar-refractivity contribution in [1.82, 2.24) is 5.16 Å². The van der Waals surface area contributed by atoms with Crippen molar-refractivity contribution in [3.05, 3.63) is 59.5 Å². The minimum Gasteiger partial charge on any atom is -0.486 e. The highest BCUT2D eigenvalue weighted by atomic mass is 32.2. The van der Waals surface area contributed by atoms with Crippen LogP contribution >= 0.6 is 0 Å². The van der Waals surface area contributed by atoms with Gasteiger partial charge in [0.05, 0.1) is 28.4 Å². The average molecular weight is 510 g/mol. The summed E-state index contributed by atoms with van der Waals surface area (Å²) in [5.74, 6) is -0.413. The van der Waals surface area contributed by atoms with E-state index in [1.165, 1.54) is 6.07 Å². The van der Waals surface area contributed by atoms with Gasteiger partial charge in [-0.2, -0.15) is 13.2 Å². The number of fused-ring (bicyclic) bond motifs is 1. The summed E-state index contributed by atoms with van der Waals surface area (Å²) in [6.45, 7) is 3.15. The highest BCUT2D eigenvalue weighted by Crippen LogP contribution is 2.42. The molecule has 0 bridgehead atoms. The lowest BCUT2D eigenvalue weighted by atomic mass is 10.0. The van der Waals surface area contributed by atoms with E-state index in [0.717, 1.165) is 22.5 Å². The molecule has 1 aliphatic heterocycles. The number of hydrogen-bond donors (Lipinski definition) is 1. The first-order valence-electron chi connectivity index (χ1n) is 10.5. The number of sulfonamides is 1. The Labute approximate surface area is 199 Å². The number of aromatic nitrogens is 1. The molecule has 1 aromatic heterocycles. The molecule has 12 heteroatoms. The molecule has 3 aromatic rings. The molecule has 35 heavy (non-hydrogen) atoms. The molecular weight excluding hydrogens is 489 g/mol. The van der Waals surface area contributed by atoms with Gasteiger partial charge in [-0.1, -0.05) is 17.3 Å². The second-order valence-electron chi connectivity index (χ2n) is 8.12. The maximum absolute atomic E-state index is 13.6. The van der Waals surface area contributed by atoms with Crippen LogP contribution in [0.4, 0.5) is 18.9 Å². The fraction of sp³-hybridized carbons (Fsp3) is 0.304. The second kappa shape index (κ2) is 8.91. The predicted octanol–water partition coefficient (Wildman–Crippen LogP) is 4.80. The smallest absolute Gasteiger partial charge is 0.416 e. The van der Waals surface area contributed by atoms with E-state index in [1.807, 2.05) is 0 Å². The lowest BCUT2D eigenvalue weighted by molar-refractivity contribution is -0.138. The summed E-state index contributed by atoms with van der Waals surface area (Å²) in [6, 6.07) is 8.24. The van der Waals surface area contributed by atoms with Crippen LogP contribution in [0.15, 0.2) is 51.9 Å². The van der Waals surface area contributed by atoms with E-state index in [9.17, 15) is 26.4 Å². The minimum atomic E-state index is -4.73. The lowest BCUT2D eigenvalue weighted by Crippen LogP contribution is -2.43. The fourth-order valence-electron chi connectivity index (χ4n) is 3.99. The molecule has 2 heterocycles. The van der Waals surface area contributed by atoms with E-state index >= 15 is 0 Å². The first-order chi connectivity index (χ1) is 16.4. The number of halogens is 3. The molecule has 0 saturated carbocycles. The average Bonchev–Trinajstić information content (AvgIpc) is 3.14. The Bertz CT molecular complexity index is 1360.